The lowest BCUT2D eigenvalue weighted by atomic mass is 10.3. The molecule has 118 valence electrons. The number of benzene rings is 1. The van der Waals surface area contributed by atoms with Crippen LogP contribution in [0.25, 0.3) is 0 Å². The van der Waals surface area contributed by atoms with Crippen molar-refractivity contribution in [1.29, 1.82) is 0 Å². The van der Waals surface area contributed by atoms with E-state index in [0.717, 1.165) is 24.2 Å². The number of sulfone groups is 1. The van der Waals surface area contributed by atoms with E-state index in [9.17, 15) is 12.8 Å². The number of aromatic nitrogens is 2. The van der Waals surface area contributed by atoms with Crippen molar-refractivity contribution >= 4 is 15.7 Å². The molecule has 7 heteroatoms. The molecule has 0 saturated carbocycles. The maximum atomic E-state index is 12.8. The predicted molar refractivity (Wildman–Crippen MR) is 83.1 cm³/mol. The van der Waals surface area contributed by atoms with E-state index in [1.54, 1.807) is 13.0 Å². The predicted octanol–water partition coefficient (Wildman–Crippen LogP) is 2.37. The molecule has 0 atom stereocenters. The van der Waals surface area contributed by atoms with Gasteiger partial charge in [0.15, 0.2) is 9.84 Å². The summed E-state index contributed by atoms with van der Waals surface area (Å²) in [5.74, 6) is 0.700. The first kappa shape index (κ1) is 16.4. The molecule has 0 saturated heterocycles. The molecular formula is C15H18FN3O2S. The third-order valence-corrected chi connectivity index (χ3v) is 4.83. The van der Waals surface area contributed by atoms with Gasteiger partial charge in [0.1, 0.15) is 17.5 Å². The Morgan fingerprint density at radius 2 is 1.86 bits per heavy atom. The van der Waals surface area contributed by atoms with Gasteiger partial charge < -0.3 is 5.32 Å². The van der Waals surface area contributed by atoms with E-state index < -0.39 is 15.7 Å². The van der Waals surface area contributed by atoms with Crippen molar-refractivity contribution in [3.05, 3.63) is 47.7 Å². The summed E-state index contributed by atoms with van der Waals surface area (Å²) in [5, 5.41) is 2.99. The Hall–Kier alpha value is -2.02. The maximum Gasteiger partial charge on any atom is 0.180 e. The lowest BCUT2D eigenvalue weighted by Gasteiger charge is -2.08. The highest BCUT2D eigenvalue weighted by atomic mass is 32.2. The highest BCUT2D eigenvalue weighted by molar-refractivity contribution is 7.91. The maximum absolute atomic E-state index is 12.8. The van der Waals surface area contributed by atoms with Gasteiger partial charge in [-0.2, -0.15) is 0 Å². The first-order valence-electron chi connectivity index (χ1n) is 6.97. The van der Waals surface area contributed by atoms with Crippen molar-refractivity contribution in [3.8, 4) is 0 Å². The van der Waals surface area contributed by atoms with Gasteiger partial charge in [-0.25, -0.2) is 22.8 Å². The lowest BCUT2D eigenvalue weighted by Crippen LogP contribution is -2.17. The van der Waals surface area contributed by atoms with Gasteiger partial charge in [0, 0.05) is 18.3 Å². The number of aryl methyl sites for hydroxylation is 2. The molecule has 0 aliphatic heterocycles. The largest absolute Gasteiger partial charge is 0.369 e. The van der Waals surface area contributed by atoms with Gasteiger partial charge in [-0.1, -0.05) is 6.92 Å². The van der Waals surface area contributed by atoms with Crippen molar-refractivity contribution in [2.45, 2.75) is 25.2 Å². The SMILES string of the molecule is CCc1cc(NCCS(=O)(=O)c2ccc(F)cc2)nc(C)n1. The second-order valence-corrected chi connectivity index (χ2v) is 6.95. The topological polar surface area (TPSA) is 72.0 Å². The van der Waals surface area contributed by atoms with Crippen LogP contribution in [0.3, 0.4) is 0 Å². The van der Waals surface area contributed by atoms with Crippen LogP contribution in [-0.4, -0.2) is 30.7 Å². The fourth-order valence-electron chi connectivity index (χ4n) is 1.97. The molecule has 1 heterocycles. The van der Waals surface area contributed by atoms with Crippen molar-refractivity contribution in [2.75, 3.05) is 17.6 Å². The van der Waals surface area contributed by atoms with Crippen LogP contribution in [0.4, 0.5) is 10.2 Å². The molecule has 2 aromatic rings. The molecule has 5 nitrogen and oxygen atoms in total. The zero-order valence-corrected chi connectivity index (χ0v) is 13.3. The molecule has 0 radical (unpaired) electrons. The molecule has 0 aliphatic rings. The molecule has 1 aromatic carbocycles. The number of halogens is 1. The van der Waals surface area contributed by atoms with Gasteiger partial charge in [-0.15, -0.1) is 0 Å². The summed E-state index contributed by atoms with van der Waals surface area (Å²) < 4.78 is 37.1. The Bertz CT molecular complexity index is 746. The quantitative estimate of drug-likeness (QED) is 0.826. The van der Waals surface area contributed by atoms with E-state index in [2.05, 4.69) is 15.3 Å². The molecule has 1 N–H and O–H groups in total. The van der Waals surface area contributed by atoms with Crippen molar-refractivity contribution < 1.29 is 12.8 Å². The van der Waals surface area contributed by atoms with E-state index in [0.29, 0.717) is 11.6 Å². The number of anilines is 1. The van der Waals surface area contributed by atoms with Gasteiger partial charge in [-0.05, 0) is 37.6 Å². The molecule has 0 amide bonds. The van der Waals surface area contributed by atoms with E-state index in [4.69, 9.17) is 0 Å². The monoisotopic (exact) mass is 323 g/mol. The molecule has 1 aromatic heterocycles. The summed E-state index contributed by atoms with van der Waals surface area (Å²) in [5.41, 5.74) is 0.899. The summed E-state index contributed by atoms with van der Waals surface area (Å²) in [6.45, 7) is 4.00. The lowest BCUT2D eigenvalue weighted by molar-refractivity contribution is 0.595. The summed E-state index contributed by atoms with van der Waals surface area (Å²) in [6.07, 6.45) is 0.784. The highest BCUT2D eigenvalue weighted by Crippen LogP contribution is 2.12. The van der Waals surface area contributed by atoms with Gasteiger partial charge in [0.05, 0.1) is 10.6 Å². The first-order chi connectivity index (χ1) is 10.4. The number of nitrogens with one attached hydrogen (secondary N) is 1. The van der Waals surface area contributed by atoms with Crippen molar-refractivity contribution in [2.24, 2.45) is 0 Å². The third kappa shape index (κ3) is 4.24. The summed E-state index contributed by atoms with van der Waals surface area (Å²) in [7, 11) is -3.45. The van der Waals surface area contributed by atoms with Crippen LogP contribution in [0.2, 0.25) is 0 Å². The first-order valence-corrected chi connectivity index (χ1v) is 8.62. The van der Waals surface area contributed by atoms with Gasteiger partial charge in [0.2, 0.25) is 0 Å². The molecule has 0 unspecified atom stereocenters. The molecule has 22 heavy (non-hydrogen) atoms. The molecule has 0 aliphatic carbocycles. The fraction of sp³-hybridized carbons (Fsp3) is 0.333. The van der Waals surface area contributed by atoms with E-state index in [1.807, 2.05) is 6.92 Å². The van der Waals surface area contributed by atoms with Gasteiger partial charge >= 0.3 is 0 Å². The second kappa shape index (κ2) is 6.83. The summed E-state index contributed by atoms with van der Waals surface area (Å²) >= 11 is 0. The Morgan fingerprint density at radius 3 is 2.50 bits per heavy atom. The third-order valence-electron chi connectivity index (χ3n) is 3.10. The molecule has 0 fully saturated rings. The van der Waals surface area contributed by atoms with Crippen LogP contribution >= 0.6 is 0 Å². The zero-order valence-electron chi connectivity index (χ0n) is 12.5. The molecule has 0 spiro atoms. The van der Waals surface area contributed by atoms with Gasteiger partial charge in [-0.3, -0.25) is 0 Å². The van der Waals surface area contributed by atoms with E-state index >= 15 is 0 Å². The van der Waals surface area contributed by atoms with E-state index in [-0.39, 0.29) is 17.2 Å². The number of nitrogens with zero attached hydrogens (tertiary/aromatic N) is 2. The van der Waals surface area contributed by atoms with Gasteiger partial charge in [0.25, 0.3) is 0 Å². The standard InChI is InChI=1S/C15H18FN3O2S/c1-3-13-10-15(19-11(2)18-13)17-8-9-22(20,21)14-6-4-12(16)5-7-14/h4-7,10H,3,8-9H2,1-2H3,(H,17,18,19). The molecule has 2 rings (SSSR count). The van der Waals surface area contributed by atoms with Crippen LogP contribution < -0.4 is 5.32 Å². The Morgan fingerprint density at radius 1 is 1.18 bits per heavy atom. The smallest absolute Gasteiger partial charge is 0.180 e. The van der Waals surface area contributed by atoms with Crippen LogP contribution in [0.5, 0.6) is 0 Å². The Balaban J connectivity index is 2.01. The summed E-state index contributed by atoms with van der Waals surface area (Å²) in [4.78, 5) is 8.59. The van der Waals surface area contributed by atoms with Crippen LogP contribution in [0.1, 0.15) is 18.4 Å². The number of hydrogen-bond acceptors (Lipinski definition) is 5. The Labute approximate surface area is 129 Å². The highest BCUT2D eigenvalue weighted by Gasteiger charge is 2.14. The second-order valence-electron chi connectivity index (χ2n) is 4.84. The minimum absolute atomic E-state index is 0.0941. The minimum atomic E-state index is -3.45. The summed E-state index contributed by atoms with van der Waals surface area (Å²) in [6, 6.07) is 6.63. The van der Waals surface area contributed by atoms with Crippen LogP contribution in [0.15, 0.2) is 35.2 Å². The Kier molecular flexibility index (Phi) is 5.07. The minimum Gasteiger partial charge on any atom is -0.369 e. The zero-order chi connectivity index (χ0) is 16.2. The van der Waals surface area contributed by atoms with E-state index in [1.165, 1.54) is 12.1 Å². The van der Waals surface area contributed by atoms with Crippen molar-refractivity contribution in [3.63, 3.8) is 0 Å². The molecule has 0 bridgehead atoms. The number of hydrogen-bond donors (Lipinski definition) is 1. The van der Waals surface area contributed by atoms with Crippen molar-refractivity contribution in [1.82, 2.24) is 9.97 Å². The average molecular weight is 323 g/mol. The fourth-order valence-corrected chi connectivity index (χ4v) is 3.13. The number of rotatable bonds is 6. The van der Waals surface area contributed by atoms with Crippen LogP contribution in [0, 0.1) is 12.7 Å². The van der Waals surface area contributed by atoms with Crippen LogP contribution in [-0.2, 0) is 16.3 Å². The molecular weight excluding hydrogens is 305 g/mol. The normalized spacial score (nSPS) is 11.4. The average Bonchev–Trinajstić information content (AvgIpc) is 2.47.